The van der Waals surface area contributed by atoms with E-state index < -0.39 is 11.5 Å². The Morgan fingerprint density at radius 2 is 1.93 bits per heavy atom. The van der Waals surface area contributed by atoms with Crippen LogP contribution in [-0.4, -0.2) is 21.8 Å². The summed E-state index contributed by atoms with van der Waals surface area (Å²) >= 11 is 0. The molecule has 1 rings (SSSR count). The zero-order chi connectivity index (χ0) is 11.5. The van der Waals surface area contributed by atoms with Crippen molar-refractivity contribution in [3.63, 3.8) is 0 Å². The predicted octanol–water partition coefficient (Wildman–Crippen LogP) is 1.20. The summed E-state index contributed by atoms with van der Waals surface area (Å²) in [6, 6.07) is 6.51. The Labute approximate surface area is 87.7 Å². The van der Waals surface area contributed by atoms with Crippen LogP contribution in [0.5, 0.6) is 0 Å². The Bertz CT molecular complexity index is 358. The number of carbonyl (C=O) groups excluding carboxylic acids is 1. The van der Waals surface area contributed by atoms with Crippen molar-refractivity contribution in [1.82, 2.24) is 0 Å². The van der Waals surface area contributed by atoms with Gasteiger partial charge in [0.1, 0.15) is 5.60 Å². The fourth-order valence-corrected chi connectivity index (χ4v) is 0.951. The Morgan fingerprint density at radius 1 is 1.33 bits per heavy atom. The Kier molecular flexibility index (Phi) is 3.28. The lowest BCUT2D eigenvalue weighted by Gasteiger charge is -2.16. The monoisotopic (exact) mass is 210 g/mol. The highest BCUT2D eigenvalue weighted by Crippen LogP contribution is 2.15. The summed E-state index contributed by atoms with van der Waals surface area (Å²) < 4.78 is 0. The van der Waals surface area contributed by atoms with Crippen LogP contribution in [-0.2, 0) is 4.79 Å². The van der Waals surface area contributed by atoms with Gasteiger partial charge in [0.25, 0.3) is 5.91 Å². The second-order valence-corrected chi connectivity index (χ2v) is 3.71. The molecule has 0 unspecified atom stereocenters. The zero-order valence-corrected chi connectivity index (χ0v) is 8.61. The summed E-state index contributed by atoms with van der Waals surface area (Å²) in [5, 5.41) is 20.6. The lowest BCUT2D eigenvalue weighted by atomic mass is 10.1. The minimum atomic E-state index is -1.43. The van der Waals surface area contributed by atoms with Gasteiger partial charge in [-0.05, 0) is 32.0 Å². The van der Waals surface area contributed by atoms with Gasteiger partial charge in [-0.3, -0.25) is 15.5 Å². The average molecular weight is 210 g/mol. The standard InChI is InChI=1S/C10H14N2O3/c1-10(2,14)9(13)11-7-4-3-5-8(6-7)12-15/h3-6,12,14-15H,1-2H3,(H,11,13). The van der Waals surface area contributed by atoms with E-state index in [1.165, 1.54) is 13.8 Å². The van der Waals surface area contributed by atoms with Gasteiger partial charge in [-0.15, -0.1) is 0 Å². The van der Waals surface area contributed by atoms with Crippen molar-refractivity contribution in [3.05, 3.63) is 24.3 Å². The van der Waals surface area contributed by atoms with Gasteiger partial charge in [-0.2, -0.15) is 0 Å². The molecule has 0 bridgehead atoms. The molecule has 0 heterocycles. The van der Waals surface area contributed by atoms with E-state index in [0.29, 0.717) is 11.4 Å². The molecule has 0 aliphatic heterocycles. The van der Waals surface area contributed by atoms with Crippen molar-refractivity contribution in [2.45, 2.75) is 19.4 Å². The van der Waals surface area contributed by atoms with Crippen LogP contribution in [0.2, 0.25) is 0 Å². The molecule has 1 aromatic rings. The first kappa shape index (κ1) is 11.5. The van der Waals surface area contributed by atoms with Crippen LogP contribution in [0, 0.1) is 0 Å². The van der Waals surface area contributed by atoms with Crippen LogP contribution in [0.4, 0.5) is 11.4 Å². The summed E-state index contributed by atoms with van der Waals surface area (Å²) in [7, 11) is 0. The van der Waals surface area contributed by atoms with E-state index in [1.54, 1.807) is 24.3 Å². The van der Waals surface area contributed by atoms with E-state index in [4.69, 9.17) is 5.21 Å². The molecule has 82 valence electrons. The van der Waals surface area contributed by atoms with Crippen molar-refractivity contribution in [2.24, 2.45) is 0 Å². The number of aliphatic hydroxyl groups is 1. The van der Waals surface area contributed by atoms with Crippen LogP contribution in [0.1, 0.15) is 13.8 Å². The van der Waals surface area contributed by atoms with E-state index in [-0.39, 0.29) is 0 Å². The van der Waals surface area contributed by atoms with Crippen LogP contribution in [0.3, 0.4) is 0 Å². The summed E-state index contributed by atoms with van der Waals surface area (Å²) in [5.41, 5.74) is 1.50. The highest BCUT2D eigenvalue weighted by Gasteiger charge is 2.23. The molecule has 0 aliphatic carbocycles. The Morgan fingerprint density at radius 3 is 2.47 bits per heavy atom. The molecule has 15 heavy (non-hydrogen) atoms. The number of nitrogens with one attached hydrogen (secondary N) is 2. The summed E-state index contributed by atoms with van der Waals surface area (Å²) in [4.78, 5) is 11.4. The molecule has 4 N–H and O–H groups in total. The largest absolute Gasteiger partial charge is 0.381 e. The topological polar surface area (TPSA) is 81.6 Å². The van der Waals surface area contributed by atoms with Gasteiger partial charge < -0.3 is 10.4 Å². The number of carbonyl (C=O) groups is 1. The van der Waals surface area contributed by atoms with Gasteiger partial charge in [-0.1, -0.05) is 6.07 Å². The molecule has 0 saturated carbocycles. The highest BCUT2D eigenvalue weighted by atomic mass is 16.5. The van der Waals surface area contributed by atoms with Crippen molar-refractivity contribution in [3.8, 4) is 0 Å². The van der Waals surface area contributed by atoms with Crippen LogP contribution >= 0.6 is 0 Å². The van der Waals surface area contributed by atoms with Gasteiger partial charge in [0, 0.05) is 5.69 Å². The SMILES string of the molecule is CC(C)(O)C(=O)Nc1cccc(NO)c1. The number of benzene rings is 1. The number of anilines is 2. The van der Waals surface area contributed by atoms with Gasteiger partial charge >= 0.3 is 0 Å². The maximum absolute atomic E-state index is 11.4. The predicted molar refractivity (Wildman–Crippen MR) is 56.8 cm³/mol. The molecule has 5 nitrogen and oxygen atoms in total. The number of amides is 1. The second-order valence-electron chi connectivity index (χ2n) is 3.71. The smallest absolute Gasteiger partial charge is 0.255 e. The minimum absolute atomic E-state index is 0.462. The third-order valence-corrected chi connectivity index (χ3v) is 1.81. The molecule has 5 heteroatoms. The molecule has 1 amide bonds. The third kappa shape index (κ3) is 3.23. The normalized spacial score (nSPS) is 10.9. The quantitative estimate of drug-likeness (QED) is 0.565. The van der Waals surface area contributed by atoms with E-state index in [2.05, 4.69) is 5.32 Å². The molecule has 0 saturated heterocycles. The first-order valence-corrected chi connectivity index (χ1v) is 4.47. The van der Waals surface area contributed by atoms with Gasteiger partial charge in [0.05, 0.1) is 5.69 Å². The summed E-state index contributed by atoms with van der Waals surface area (Å²) in [6.07, 6.45) is 0. The molecule has 0 aromatic heterocycles. The molecule has 0 fully saturated rings. The molecular formula is C10H14N2O3. The molecule has 0 atom stereocenters. The van der Waals surface area contributed by atoms with Crippen LogP contribution in [0.25, 0.3) is 0 Å². The van der Waals surface area contributed by atoms with Crippen LogP contribution < -0.4 is 10.8 Å². The fraction of sp³-hybridized carbons (Fsp3) is 0.300. The van der Waals surface area contributed by atoms with Crippen molar-refractivity contribution < 1.29 is 15.1 Å². The molecular weight excluding hydrogens is 196 g/mol. The van der Waals surface area contributed by atoms with E-state index >= 15 is 0 Å². The van der Waals surface area contributed by atoms with Gasteiger partial charge in [-0.25, -0.2) is 0 Å². The highest BCUT2D eigenvalue weighted by molar-refractivity contribution is 5.96. The van der Waals surface area contributed by atoms with E-state index in [0.717, 1.165) is 0 Å². The lowest BCUT2D eigenvalue weighted by Crippen LogP contribution is -2.36. The lowest BCUT2D eigenvalue weighted by molar-refractivity contribution is -0.130. The van der Waals surface area contributed by atoms with Crippen molar-refractivity contribution in [2.75, 3.05) is 10.8 Å². The second kappa shape index (κ2) is 4.29. The fourth-order valence-electron chi connectivity index (χ4n) is 0.951. The van der Waals surface area contributed by atoms with Gasteiger partial charge in [0.15, 0.2) is 0 Å². The first-order chi connectivity index (χ1) is 6.93. The molecule has 0 radical (unpaired) electrons. The third-order valence-electron chi connectivity index (χ3n) is 1.81. The molecule has 0 spiro atoms. The van der Waals surface area contributed by atoms with Crippen molar-refractivity contribution >= 4 is 17.3 Å². The average Bonchev–Trinajstić information content (AvgIpc) is 2.16. The first-order valence-electron chi connectivity index (χ1n) is 4.47. The number of rotatable bonds is 3. The van der Waals surface area contributed by atoms with Crippen LogP contribution in [0.15, 0.2) is 24.3 Å². The summed E-state index contributed by atoms with van der Waals surface area (Å²) in [6.45, 7) is 2.80. The molecule has 0 aliphatic rings. The van der Waals surface area contributed by atoms with E-state index in [9.17, 15) is 9.90 Å². The zero-order valence-electron chi connectivity index (χ0n) is 8.61. The Balaban J connectivity index is 2.77. The summed E-state index contributed by atoms with van der Waals surface area (Å²) in [5.74, 6) is -0.502. The maximum atomic E-state index is 11.4. The van der Waals surface area contributed by atoms with E-state index in [1.807, 2.05) is 5.48 Å². The Hall–Kier alpha value is -1.59. The minimum Gasteiger partial charge on any atom is -0.381 e. The number of hydrogen-bond donors (Lipinski definition) is 4. The maximum Gasteiger partial charge on any atom is 0.255 e. The molecule has 1 aromatic carbocycles. The van der Waals surface area contributed by atoms with Crippen molar-refractivity contribution in [1.29, 1.82) is 0 Å². The van der Waals surface area contributed by atoms with Gasteiger partial charge in [0.2, 0.25) is 0 Å². The number of hydrogen-bond acceptors (Lipinski definition) is 4.